The molecule has 17 heavy (non-hydrogen) atoms. The highest BCUT2D eigenvalue weighted by atomic mass is 14.5. The lowest BCUT2D eigenvalue weighted by molar-refractivity contribution is 0.504. The van der Waals surface area contributed by atoms with Gasteiger partial charge in [-0.15, -0.1) is 0 Å². The summed E-state index contributed by atoms with van der Waals surface area (Å²) < 4.78 is 0. The summed E-state index contributed by atoms with van der Waals surface area (Å²) in [5, 5.41) is 0. The molecule has 2 N–H and O–H groups in total. The highest BCUT2D eigenvalue weighted by molar-refractivity contribution is 5.23. The molecular weight excluding hydrogens is 206 g/mol. The number of nitrogens with two attached hydrogens (primary N) is 1. The Labute approximate surface area is 105 Å². The van der Waals surface area contributed by atoms with Crippen LogP contribution in [-0.4, -0.2) is 6.54 Å². The van der Waals surface area contributed by atoms with Crippen LogP contribution in [0, 0.1) is 5.92 Å². The Kier molecular flexibility index (Phi) is 5.06. The Morgan fingerprint density at radius 3 is 2.47 bits per heavy atom. The van der Waals surface area contributed by atoms with Crippen molar-refractivity contribution in [2.75, 3.05) is 6.54 Å². The van der Waals surface area contributed by atoms with Gasteiger partial charge >= 0.3 is 0 Å². The molecule has 0 atom stereocenters. The molecule has 0 saturated heterocycles. The van der Waals surface area contributed by atoms with Gasteiger partial charge in [0.25, 0.3) is 0 Å². The van der Waals surface area contributed by atoms with Crippen molar-refractivity contribution in [2.45, 2.75) is 51.4 Å². The Balaban J connectivity index is 1.82. The third-order valence-electron chi connectivity index (χ3n) is 3.98. The van der Waals surface area contributed by atoms with Gasteiger partial charge in [-0.25, -0.2) is 0 Å². The van der Waals surface area contributed by atoms with Gasteiger partial charge in [0.15, 0.2) is 0 Å². The zero-order chi connectivity index (χ0) is 11.9. The first-order chi connectivity index (χ1) is 8.38. The van der Waals surface area contributed by atoms with E-state index >= 15 is 0 Å². The monoisotopic (exact) mass is 231 g/mol. The fourth-order valence-corrected chi connectivity index (χ4v) is 2.92. The summed E-state index contributed by atoms with van der Waals surface area (Å²) >= 11 is 0. The van der Waals surface area contributed by atoms with Gasteiger partial charge < -0.3 is 5.73 Å². The molecule has 1 heteroatoms. The first kappa shape index (κ1) is 12.6. The van der Waals surface area contributed by atoms with E-state index in [4.69, 9.17) is 5.73 Å². The van der Waals surface area contributed by atoms with Crippen LogP contribution in [0.1, 0.15) is 49.7 Å². The molecule has 94 valence electrons. The van der Waals surface area contributed by atoms with Crippen LogP contribution in [0.2, 0.25) is 0 Å². The zero-order valence-electron chi connectivity index (χ0n) is 10.8. The average Bonchev–Trinajstić information content (AvgIpc) is 2.87. The summed E-state index contributed by atoms with van der Waals surface area (Å²) in [6.45, 7) is 0.798. The van der Waals surface area contributed by atoms with E-state index in [2.05, 4.69) is 24.3 Å². The van der Waals surface area contributed by atoms with Crippen molar-refractivity contribution in [3.8, 4) is 0 Å². The van der Waals surface area contributed by atoms with Gasteiger partial charge in [-0.3, -0.25) is 0 Å². The van der Waals surface area contributed by atoms with E-state index in [0.717, 1.165) is 25.3 Å². The molecule has 1 aliphatic carbocycles. The summed E-state index contributed by atoms with van der Waals surface area (Å²) in [6, 6.07) is 9.09. The molecule has 1 aliphatic rings. The van der Waals surface area contributed by atoms with Crippen molar-refractivity contribution >= 4 is 0 Å². The van der Waals surface area contributed by atoms with Crippen LogP contribution in [0.5, 0.6) is 0 Å². The van der Waals surface area contributed by atoms with Crippen LogP contribution >= 0.6 is 0 Å². The molecule has 1 fully saturated rings. The molecule has 1 aromatic carbocycles. The lowest BCUT2D eigenvalue weighted by atomic mass is 9.97. The van der Waals surface area contributed by atoms with Crippen molar-refractivity contribution in [3.63, 3.8) is 0 Å². The Morgan fingerprint density at radius 2 is 1.76 bits per heavy atom. The van der Waals surface area contributed by atoms with Crippen LogP contribution in [0.25, 0.3) is 0 Å². The second kappa shape index (κ2) is 6.80. The summed E-state index contributed by atoms with van der Waals surface area (Å²) in [6.07, 6.45) is 10.7. The van der Waals surface area contributed by atoms with Gasteiger partial charge in [0.1, 0.15) is 0 Å². The molecule has 0 bridgehead atoms. The fourth-order valence-electron chi connectivity index (χ4n) is 2.92. The quantitative estimate of drug-likeness (QED) is 0.793. The standard InChI is InChI=1S/C16H25N/c17-12-4-9-15-7-3-8-16(13-15)11-10-14-5-1-2-6-14/h3,7-8,13-14H,1-2,4-6,9-12,17H2. The minimum atomic E-state index is 0.798. The highest BCUT2D eigenvalue weighted by Crippen LogP contribution is 2.28. The summed E-state index contributed by atoms with van der Waals surface area (Å²) in [5.74, 6) is 1.00. The van der Waals surface area contributed by atoms with Crippen molar-refractivity contribution in [1.29, 1.82) is 0 Å². The van der Waals surface area contributed by atoms with Gasteiger partial charge in [-0.2, -0.15) is 0 Å². The second-order valence-corrected chi connectivity index (χ2v) is 5.40. The van der Waals surface area contributed by atoms with E-state index in [-0.39, 0.29) is 0 Å². The van der Waals surface area contributed by atoms with Gasteiger partial charge in [-0.1, -0.05) is 49.9 Å². The predicted molar refractivity (Wildman–Crippen MR) is 74.1 cm³/mol. The molecule has 0 spiro atoms. The van der Waals surface area contributed by atoms with Crippen molar-refractivity contribution < 1.29 is 0 Å². The minimum absolute atomic E-state index is 0.798. The van der Waals surface area contributed by atoms with Gasteiger partial charge in [0.05, 0.1) is 0 Å². The van der Waals surface area contributed by atoms with Crippen LogP contribution in [0.4, 0.5) is 0 Å². The normalized spacial score (nSPS) is 16.5. The zero-order valence-corrected chi connectivity index (χ0v) is 10.8. The third-order valence-corrected chi connectivity index (χ3v) is 3.98. The van der Waals surface area contributed by atoms with Gasteiger partial charge in [0, 0.05) is 0 Å². The van der Waals surface area contributed by atoms with Crippen LogP contribution < -0.4 is 5.73 Å². The smallest absolute Gasteiger partial charge is 0.00741 e. The average molecular weight is 231 g/mol. The van der Waals surface area contributed by atoms with E-state index < -0.39 is 0 Å². The molecule has 0 aliphatic heterocycles. The molecule has 0 unspecified atom stereocenters. The van der Waals surface area contributed by atoms with Crippen molar-refractivity contribution in [2.24, 2.45) is 11.7 Å². The SMILES string of the molecule is NCCCc1cccc(CCC2CCCC2)c1. The summed E-state index contributed by atoms with van der Waals surface area (Å²) in [4.78, 5) is 0. The Bertz CT molecular complexity index is 326. The number of hydrogen-bond acceptors (Lipinski definition) is 1. The van der Waals surface area contributed by atoms with Crippen LogP contribution in [0.15, 0.2) is 24.3 Å². The topological polar surface area (TPSA) is 26.0 Å². The summed E-state index contributed by atoms with van der Waals surface area (Å²) in [5.41, 5.74) is 8.53. The molecule has 1 aromatic rings. The summed E-state index contributed by atoms with van der Waals surface area (Å²) in [7, 11) is 0. The predicted octanol–water partition coefficient (Wildman–Crippen LogP) is 3.70. The molecule has 0 radical (unpaired) electrons. The van der Waals surface area contributed by atoms with E-state index in [9.17, 15) is 0 Å². The Morgan fingerprint density at radius 1 is 1.06 bits per heavy atom. The molecule has 0 aromatic heterocycles. The molecule has 0 heterocycles. The minimum Gasteiger partial charge on any atom is -0.330 e. The van der Waals surface area contributed by atoms with Gasteiger partial charge in [-0.05, 0) is 49.3 Å². The van der Waals surface area contributed by atoms with E-state index in [1.165, 1.54) is 49.7 Å². The maximum atomic E-state index is 5.56. The van der Waals surface area contributed by atoms with E-state index in [1.807, 2.05) is 0 Å². The van der Waals surface area contributed by atoms with E-state index in [1.54, 1.807) is 0 Å². The molecule has 1 nitrogen and oxygen atoms in total. The molecule has 0 amide bonds. The Hall–Kier alpha value is -0.820. The van der Waals surface area contributed by atoms with Crippen molar-refractivity contribution in [3.05, 3.63) is 35.4 Å². The van der Waals surface area contributed by atoms with Crippen LogP contribution in [-0.2, 0) is 12.8 Å². The fraction of sp³-hybridized carbons (Fsp3) is 0.625. The third kappa shape index (κ3) is 4.16. The first-order valence-corrected chi connectivity index (χ1v) is 7.16. The van der Waals surface area contributed by atoms with E-state index in [0.29, 0.717) is 0 Å². The number of benzene rings is 1. The largest absolute Gasteiger partial charge is 0.330 e. The number of rotatable bonds is 6. The molecule has 2 rings (SSSR count). The maximum Gasteiger partial charge on any atom is -0.00741 e. The lowest BCUT2D eigenvalue weighted by Crippen LogP contribution is -2.01. The molecular formula is C16H25N. The van der Waals surface area contributed by atoms with Crippen LogP contribution in [0.3, 0.4) is 0 Å². The van der Waals surface area contributed by atoms with Gasteiger partial charge in [0.2, 0.25) is 0 Å². The second-order valence-electron chi connectivity index (χ2n) is 5.40. The highest BCUT2D eigenvalue weighted by Gasteiger charge is 2.14. The molecule has 1 saturated carbocycles. The number of aryl methyl sites for hydroxylation is 2. The lowest BCUT2D eigenvalue weighted by Gasteiger charge is -2.09. The number of hydrogen-bond donors (Lipinski definition) is 1. The first-order valence-electron chi connectivity index (χ1n) is 7.16. The maximum absolute atomic E-state index is 5.56. The van der Waals surface area contributed by atoms with Crippen molar-refractivity contribution in [1.82, 2.24) is 0 Å².